The van der Waals surface area contributed by atoms with Gasteiger partial charge in [0.15, 0.2) is 11.5 Å². The fourth-order valence-corrected chi connectivity index (χ4v) is 3.62. The average Bonchev–Trinajstić information content (AvgIpc) is 3.02. The van der Waals surface area contributed by atoms with Crippen molar-refractivity contribution >= 4 is 12.4 Å². The number of halogens is 1. The van der Waals surface area contributed by atoms with Crippen molar-refractivity contribution in [3.05, 3.63) is 53.6 Å². The number of ether oxygens (including phenoxy) is 3. The summed E-state index contributed by atoms with van der Waals surface area (Å²) in [6.45, 7) is 2.56. The summed E-state index contributed by atoms with van der Waals surface area (Å²) < 4.78 is 16.4. The summed E-state index contributed by atoms with van der Waals surface area (Å²) >= 11 is 0. The summed E-state index contributed by atoms with van der Waals surface area (Å²) in [5, 5.41) is 0. The minimum absolute atomic E-state index is 0. The zero-order valence-electron chi connectivity index (χ0n) is 15.5. The molecule has 1 fully saturated rings. The minimum Gasteiger partial charge on any atom is -0.493 e. The highest BCUT2D eigenvalue weighted by Crippen LogP contribution is 2.40. The van der Waals surface area contributed by atoms with Gasteiger partial charge >= 0.3 is 0 Å². The van der Waals surface area contributed by atoms with E-state index >= 15 is 0 Å². The lowest BCUT2D eigenvalue weighted by molar-refractivity contribution is 0.299. The maximum atomic E-state index is 6.41. The quantitative estimate of drug-likeness (QED) is 0.837. The first-order valence-electron chi connectivity index (χ1n) is 8.48. The monoisotopic (exact) mass is 378 g/mol. The summed E-state index contributed by atoms with van der Waals surface area (Å²) in [6, 6.07) is 14.6. The van der Waals surface area contributed by atoms with E-state index in [-0.39, 0.29) is 18.4 Å². The molecule has 142 valence electrons. The van der Waals surface area contributed by atoms with Crippen molar-refractivity contribution in [1.29, 1.82) is 0 Å². The van der Waals surface area contributed by atoms with E-state index in [1.54, 1.807) is 21.3 Å². The van der Waals surface area contributed by atoms with Crippen LogP contribution >= 0.6 is 12.4 Å². The molecule has 0 aromatic heterocycles. The molecule has 1 heterocycles. The lowest BCUT2D eigenvalue weighted by Gasteiger charge is -2.20. The van der Waals surface area contributed by atoms with Gasteiger partial charge in [-0.25, -0.2) is 0 Å². The number of likely N-dealkylation sites (tertiary alicyclic amines) is 1. The first-order valence-corrected chi connectivity index (χ1v) is 8.48. The van der Waals surface area contributed by atoms with Gasteiger partial charge in [-0.2, -0.15) is 0 Å². The number of nitrogens with zero attached hydrogens (tertiary/aromatic N) is 1. The highest BCUT2D eigenvalue weighted by Gasteiger charge is 2.31. The molecule has 2 atom stereocenters. The molecule has 2 aromatic rings. The summed E-state index contributed by atoms with van der Waals surface area (Å²) in [7, 11) is 4.91. The highest BCUT2D eigenvalue weighted by molar-refractivity contribution is 5.85. The van der Waals surface area contributed by atoms with Crippen LogP contribution in [0.15, 0.2) is 42.5 Å². The van der Waals surface area contributed by atoms with Crippen LogP contribution in [0.5, 0.6) is 17.2 Å². The highest BCUT2D eigenvalue weighted by atomic mass is 35.5. The van der Waals surface area contributed by atoms with E-state index in [1.165, 1.54) is 5.56 Å². The SMILES string of the molecule is COc1ccc(CN2C[C@@H](N)[C@H](c3ccccc3)C2)c(OC)c1OC.Cl. The Bertz CT molecular complexity index is 712. The smallest absolute Gasteiger partial charge is 0.203 e. The van der Waals surface area contributed by atoms with Crippen LogP contribution in [0.1, 0.15) is 17.0 Å². The molecule has 0 aliphatic carbocycles. The fourth-order valence-electron chi connectivity index (χ4n) is 3.62. The zero-order valence-corrected chi connectivity index (χ0v) is 16.3. The Labute approximate surface area is 161 Å². The van der Waals surface area contributed by atoms with Crippen molar-refractivity contribution in [3.63, 3.8) is 0 Å². The Hall–Kier alpha value is -1.95. The van der Waals surface area contributed by atoms with Gasteiger partial charge in [-0.1, -0.05) is 36.4 Å². The van der Waals surface area contributed by atoms with Gasteiger partial charge in [0.1, 0.15) is 0 Å². The molecule has 0 radical (unpaired) electrons. The Kier molecular flexibility index (Phi) is 7.14. The molecule has 1 saturated heterocycles. The summed E-state index contributed by atoms with van der Waals surface area (Å²) in [4.78, 5) is 2.37. The second-order valence-corrected chi connectivity index (χ2v) is 6.37. The molecule has 6 heteroatoms. The maximum Gasteiger partial charge on any atom is 0.203 e. The standard InChI is InChI=1S/C20H26N2O3.ClH/c1-23-18-10-9-15(19(24-2)20(18)25-3)11-22-12-16(17(21)13-22)14-7-5-4-6-8-14;/h4-10,16-17H,11-13,21H2,1-3H3;1H/t16-,17+;/m0./s1. The third-order valence-corrected chi connectivity index (χ3v) is 4.85. The van der Waals surface area contributed by atoms with E-state index in [4.69, 9.17) is 19.9 Å². The van der Waals surface area contributed by atoms with E-state index < -0.39 is 0 Å². The number of hydrogen-bond donors (Lipinski definition) is 1. The molecule has 2 aromatic carbocycles. The Morgan fingerprint density at radius 3 is 2.23 bits per heavy atom. The average molecular weight is 379 g/mol. The molecule has 0 spiro atoms. The van der Waals surface area contributed by atoms with Crippen molar-refractivity contribution in [1.82, 2.24) is 4.90 Å². The van der Waals surface area contributed by atoms with Gasteiger partial charge in [-0.05, 0) is 11.6 Å². The first-order chi connectivity index (χ1) is 12.2. The number of benzene rings is 2. The van der Waals surface area contributed by atoms with E-state index in [0.717, 1.165) is 30.9 Å². The predicted octanol–water partition coefficient (Wildman–Crippen LogP) is 3.06. The van der Waals surface area contributed by atoms with Crippen LogP contribution in [0.2, 0.25) is 0 Å². The van der Waals surface area contributed by atoms with Crippen LogP contribution in [0.3, 0.4) is 0 Å². The van der Waals surface area contributed by atoms with Gasteiger partial charge in [0.2, 0.25) is 5.75 Å². The molecule has 3 rings (SSSR count). The Balaban J connectivity index is 0.00000243. The molecule has 1 aliphatic heterocycles. The summed E-state index contributed by atoms with van der Waals surface area (Å²) in [5.74, 6) is 2.37. The first kappa shape index (κ1) is 20.4. The van der Waals surface area contributed by atoms with Gasteiger partial charge in [-0.3, -0.25) is 4.90 Å². The van der Waals surface area contributed by atoms with Gasteiger partial charge in [0.05, 0.1) is 21.3 Å². The lowest BCUT2D eigenvalue weighted by Crippen LogP contribution is -2.28. The molecule has 2 N–H and O–H groups in total. The molecule has 1 aliphatic rings. The molecule has 0 saturated carbocycles. The van der Waals surface area contributed by atoms with Gasteiger partial charge < -0.3 is 19.9 Å². The minimum atomic E-state index is 0. The molecular weight excluding hydrogens is 352 g/mol. The third kappa shape index (κ3) is 4.06. The largest absolute Gasteiger partial charge is 0.493 e. The zero-order chi connectivity index (χ0) is 17.8. The van der Waals surface area contributed by atoms with Gasteiger partial charge in [0, 0.05) is 37.2 Å². The summed E-state index contributed by atoms with van der Waals surface area (Å²) in [5.41, 5.74) is 8.78. The van der Waals surface area contributed by atoms with Crippen LogP contribution in [0.4, 0.5) is 0 Å². The number of nitrogens with two attached hydrogens (primary N) is 1. The van der Waals surface area contributed by atoms with Crippen LogP contribution in [-0.4, -0.2) is 45.4 Å². The molecule has 0 bridgehead atoms. The van der Waals surface area contributed by atoms with Crippen LogP contribution < -0.4 is 19.9 Å². The van der Waals surface area contributed by atoms with E-state index in [2.05, 4.69) is 29.2 Å². The normalized spacial score (nSPS) is 19.7. The van der Waals surface area contributed by atoms with Crippen molar-refractivity contribution in [2.24, 2.45) is 5.73 Å². The van der Waals surface area contributed by atoms with Crippen LogP contribution in [0, 0.1) is 0 Å². The maximum absolute atomic E-state index is 6.41. The van der Waals surface area contributed by atoms with Crippen molar-refractivity contribution < 1.29 is 14.2 Å². The summed E-state index contributed by atoms with van der Waals surface area (Å²) in [6.07, 6.45) is 0. The predicted molar refractivity (Wildman–Crippen MR) is 106 cm³/mol. The Morgan fingerprint density at radius 2 is 1.62 bits per heavy atom. The van der Waals surface area contributed by atoms with E-state index in [1.807, 2.05) is 18.2 Å². The molecule has 5 nitrogen and oxygen atoms in total. The number of hydrogen-bond acceptors (Lipinski definition) is 5. The van der Waals surface area contributed by atoms with E-state index in [9.17, 15) is 0 Å². The Morgan fingerprint density at radius 1 is 0.923 bits per heavy atom. The third-order valence-electron chi connectivity index (χ3n) is 4.85. The van der Waals surface area contributed by atoms with Crippen molar-refractivity contribution in [2.45, 2.75) is 18.5 Å². The molecule has 26 heavy (non-hydrogen) atoms. The van der Waals surface area contributed by atoms with Gasteiger partial charge in [0.25, 0.3) is 0 Å². The van der Waals surface area contributed by atoms with E-state index in [0.29, 0.717) is 17.4 Å². The topological polar surface area (TPSA) is 57.0 Å². The number of rotatable bonds is 6. The molecular formula is C20H27ClN2O3. The lowest BCUT2D eigenvalue weighted by atomic mass is 9.95. The fraction of sp³-hybridized carbons (Fsp3) is 0.400. The number of methoxy groups -OCH3 is 3. The second-order valence-electron chi connectivity index (χ2n) is 6.37. The van der Waals surface area contributed by atoms with Crippen LogP contribution in [0.25, 0.3) is 0 Å². The van der Waals surface area contributed by atoms with Crippen LogP contribution in [-0.2, 0) is 6.54 Å². The van der Waals surface area contributed by atoms with Crippen molar-refractivity contribution in [3.8, 4) is 17.2 Å². The second kappa shape index (κ2) is 9.12. The molecule has 0 unspecified atom stereocenters. The molecule has 0 amide bonds. The van der Waals surface area contributed by atoms with Gasteiger partial charge in [-0.15, -0.1) is 12.4 Å². The van der Waals surface area contributed by atoms with Crippen molar-refractivity contribution in [2.75, 3.05) is 34.4 Å².